The van der Waals surface area contributed by atoms with Crippen molar-refractivity contribution >= 4 is 23.5 Å². The molecule has 3 heterocycles. The molecular weight excluding hydrogens is 534 g/mol. The van der Waals surface area contributed by atoms with Crippen molar-refractivity contribution < 1.29 is 9.59 Å². The molecule has 2 aliphatic heterocycles. The maximum absolute atomic E-state index is 13.8. The number of urea groups is 1. The molecule has 2 saturated heterocycles. The van der Waals surface area contributed by atoms with E-state index in [1.54, 1.807) is 6.07 Å². The van der Waals surface area contributed by atoms with E-state index in [1.165, 1.54) is 5.56 Å². The quantitative estimate of drug-likeness (QED) is 0.319. The monoisotopic (exact) mass is 573 g/mol. The summed E-state index contributed by atoms with van der Waals surface area (Å²) in [4.78, 5) is 37.5. The molecule has 216 valence electrons. The van der Waals surface area contributed by atoms with Crippen LogP contribution in [0.2, 0.25) is 5.15 Å². The Morgan fingerprint density at radius 1 is 1.05 bits per heavy atom. The molecule has 1 unspecified atom stereocenters. The molecule has 8 heteroatoms. The van der Waals surface area contributed by atoms with Gasteiger partial charge >= 0.3 is 6.03 Å². The van der Waals surface area contributed by atoms with Crippen LogP contribution in [0.1, 0.15) is 65.0 Å². The zero-order chi connectivity index (χ0) is 28.9. The molecule has 5 rings (SSSR count). The van der Waals surface area contributed by atoms with Crippen LogP contribution in [0.25, 0.3) is 0 Å². The number of benzene rings is 2. The molecule has 2 aromatic carbocycles. The van der Waals surface area contributed by atoms with Crippen LogP contribution in [0.5, 0.6) is 0 Å². The number of carbonyl (C=O) groups excluding carboxylic acids is 2. The molecule has 0 saturated carbocycles. The summed E-state index contributed by atoms with van der Waals surface area (Å²) in [5, 5.41) is 3.48. The Hall–Kier alpha value is -3.42. The van der Waals surface area contributed by atoms with Crippen LogP contribution < -0.4 is 5.32 Å². The van der Waals surface area contributed by atoms with Gasteiger partial charge in [0.05, 0.1) is 17.3 Å². The maximum Gasteiger partial charge on any atom is 0.321 e. The first-order valence-electron chi connectivity index (χ1n) is 14.6. The van der Waals surface area contributed by atoms with Crippen LogP contribution in [0.15, 0.2) is 66.7 Å². The Labute approximate surface area is 248 Å². The number of hydrogen-bond donors (Lipinski definition) is 1. The van der Waals surface area contributed by atoms with Gasteiger partial charge in [-0.1, -0.05) is 72.3 Å². The first-order valence-corrected chi connectivity index (χ1v) is 15.0. The number of halogens is 1. The summed E-state index contributed by atoms with van der Waals surface area (Å²) in [6, 6.07) is 23.2. The lowest BCUT2D eigenvalue weighted by atomic mass is 9.98. The average molecular weight is 574 g/mol. The van der Waals surface area contributed by atoms with Crippen molar-refractivity contribution in [3.63, 3.8) is 0 Å². The van der Waals surface area contributed by atoms with Crippen molar-refractivity contribution in [3.8, 4) is 0 Å². The zero-order valence-corrected chi connectivity index (χ0v) is 25.0. The smallest absolute Gasteiger partial charge is 0.321 e. The predicted molar refractivity (Wildman–Crippen MR) is 163 cm³/mol. The van der Waals surface area contributed by atoms with E-state index in [4.69, 9.17) is 11.6 Å². The van der Waals surface area contributed by atoms with Gasteiger partial charge in [0.25, 0.3) is 5.91 Å². The number of pyridine rings is 1. The van der Waals surface area contributed by atoms with Crippen molar-refractivity contribution in [2.75, 3.05) is 26.2 Å². The van der Waals surface area contributed by atoms with E-state index in [0.717, 1.165) is 43.5 Å². The third kappa shape index (κ3) is 6.74. The topological polar surface area (TPSA) is 68.8 Å². The number of piperidine rings is 1. The molecular formula is C33H40ClN5O2. The van der Waals surface area contributed by atoms with Gasteiger partial charge in [0.15, 0.2) is 0 Å². The first-order chi connectivity index (χ1) is 19.8. The van der Waals surface area contributed by atoms with Crippen molar-refractivity contribution in [2.24, 2.45) is 0 Å². The first kappa shape index (κ1) is 29.1. The number of nitrogens with zero attached hydrogens (tertiary/aromatic N) is 4. The number of aromatic nitrogens is 1. The van der Waals surface area contributed by atoms with Gasteiger partial charge < -0.3 is 20.0 Å². The van der Waals surface area contributed by atoms with Gasteiger partial charge in [-0.15, -0.1) is 0 Å². The van der Waals surface area contributed by atoms with Crippen LogP contribution in [0.3, 0.4) is 0 Å². The van der Waals surface area contributed by atoms with Gasteiger partial charge in [-0.2, -0.15) is 0 Å². The van der Waals surface area contributed by atoms with Crippen molar-refractivity contribution in [1.29, 1.82) is 0 Å². The Kier molecular flexibility index (Phi) is 9.25. The molecule has 3 amide bonds. The number of rotatable bonds is 9. The summed E-state index contributed by atoms with van der Waals surface area (Å²) in [7, 11) is 0. The van der Waals surface area contributed by atoms with Crippen molar-refractivity contribution in [2.45, 2.75) is 64.7 Å². The minimum Gasteiger partial charge on any atom is -0.352 e. The molecule has 2 fully saturated rings. The number of nitrogens with one attached hydrogen (secondary N) is 1. The molecule has 7 nitrogen and oxygen atoms in total. The Morgan fingerprint density at radius 3 is 2.37 bits per heavy atom. The standard InChI is InChI=1S/C33H40ClN5O2/c1-23-20-30(34)36-25(3)31(23)32(40)35-17-14-24(2)37-18-15-28(16-19-37)39-29(27-12-8-5-9-13-27)22-38(33(39)41)21-26-10-6-4-7-11-26/h4-13,20,24,28-29H,14-19,21-22H2,1-3H3,(H,35,40)/t24?,29-/m0/s1. The molecule has 1 aromatic heterocycles. The average Bonchev–Trinajstić information content (AvgIpc) is 3.29. The Morgan fingerprint density at radius 2 is 1.71 bits per heavy atom. The molecule has 41 heavy (non-hydrogen) atoms. The minimum absolute atomic E-state index is 0.0610. The fraction of sp³-hybridized carbons (Fsp3) is 0.424. The van der Waals surface area contributed by atoms with Gasteiger partial charge in [-0.25, -0.2) is 9.78 Å². The van der Waals surface area contributed by atoms with Gasteiger partial charge in [0, 0.05) is 44.8 Å². The number of likely N-dealkylation sites (tertiary alicyclic amines) is 1. The number of amides is 3. The Balaban J connectivity index is 1.17. The number of carbonyl (C=O) groups is 2. The summed E-state index contributed by atoms with van der Waals surface area (Å²) >= 11 is 6.03. The van der Waals surface area contributed by atoms with Crippen molar-refractivity contribution in [1.82, 2.24) is 25.0 Å². The van der Waals surface area contributed by atoms with E-state index >= 15 is 0 Å². The van der Waals surface area contributed by atoms with E-state index in [0.29, 0.717) is 42.1 Å². The van der Waals surface area contributed by atoms with E-state index in [2.05, 4.69) is 63.4 Å². The lowest BCUT2D eigenvalue weighted by Crippen LogP contribution is -2.49. The van der Waals surface area contributed by atoms with Gasteiger partial charge in [-0.3, -0.25) is 4.79 Å². The second-order valence-electron chi connectivity index (χ2n) is 11.4. The third-order valence-electron chi connectivity index (χ3n) is 8.58. The normalized spacial score (nSPS) is 19.0. The third-order valence-corrected chi connectivity index (χ3v) is 8.77. The molecule has 3 aromatic rings. The van der Waals surface area contributed by atoms with Gasteiger partial charge in [0.1, 0.15) is 5.15 Å². The highest BCUT2D eigenvalue weighted by Gasteiger charge is 2.42. The summed E-state index contributed by atoms with van der Waals surface area (Å²) in [6.45, 7) is 9.72. The summed E-state index contributed by atoms with van der Waals surface area (Å²) in [6.07, 6.45) is 2.75. The van der Waals surface area contributed by atoms with E-state index < -0.39 is 0 Å². The van der Waals surface area contributed by atoms with E-state index in [-0.39, 0.29) is 24.0 Å². The second kappa shape index (κ2) is 13.0. The van der Waals surface area contributed by atoms with Crippen LogP contribution in [0, 0.1) is 13.8 Å². The summed E-state index contributed by atoms with van der Waals surface area (Å²) in [5.74, 6) is -0.102. The molecule has 2 atom stereocenters. The molecule has 1 N–H and O–H groups in total. The summed E-state index contributed by atoms with van der Waals surface area (Å²) in [5.41, 5.74) is 4.44. The van der Waals surface area contributed by atoms with Crippen LogP contribution in [-0.2, 0) is 6.54 Å². The van der Waals surface area contributed by atoms with Crippen LogP contribution >= 0.6 is 11.6 Å². The molecule has 0 aliphatic carbocycles. The van der Waals surface area contributed by atoms with Crippen LogP contribution in [-0.4, -0.2) is 69.9 Å². The van der Waals surface area contributed by atoms with E-state index in [9.17, 15) is 9.59 Å². The second-order valence-corrected chi connectivity index (χ2v) is 11.8. The fourth-order valence-corrected chi connectivity index (χ4v) is 6.65. The lowest BCUT2D eigenvalue weighted by molar-refractivity contribution is 0.0886. The minimum atomic E-state index is -0.102. The SMILES string of the molecule is Cc1cc(Cl)nc(C)c1C(=O)NCCC(C)N1CCC(N2C(=O)N(Cc3ccccc3)C[C@H]2c2ccccc2)CC1. The number of hydrogen-bond acceptors (Lipinski definition) is 4. The molecule has 2 aliphatic rings. The maximum atomic E-state index is 13.8. The molecule has 0 spiro atoms. The predicted octanol–water partition coefficient (Wildman–Crippen LogP) is 6.00. The highest BCUT2D eigenvalue weighted by atomic mass is 35.5. The molecule has 0 radical (unpaired) electrons. The number of aryl methyl sites for hydroxylation is 2. The largest absolute Gasteiger partial charge is 0.352 e. The molecule has 0 bridgehead atoms. The van der Waals surface area contributed by atoms with Gasteiger partial charge in [0.2, 0.25) is 0 Å². The lowest BCUT2D eigenvalue weighted by Gasteiger charge is -2.41. The highest BCUT2D eigenvalue weighted by molar-refractivity contribution is 6.29. The highest BCUT2D eigenvalue weighted by Crippen LogP contribution is 2.35. The Bertz CT molecular complexity index is 1320. The van der Waals surface area contributed by atoms with E-state index in [1.807, 2.05) is 43.0 Å². The van der Waals surface area contributed by atoms with Crippen LogP contribution in [0.4, 0.5) is 4.79 Å². The van der Waals surface area contributed by atoms with Crippen molar-refractivity contribution in [3.05, 3.63) is 99.8 Å². The zero-order valence-electron chi connectivity index (χ0n) is 24.2. The fourth-order valence-electron chi connectivity index (χ4n) is 6.36. The summed E-state index contributed by atoms with van der Waals surface area (Å²) < 4.78 is 0. The van der Waals surface area contributed by atoms with Gasteiger partial charge in [-0.05, 0) is 62.8 Å².